The second-order valence-electron chi connectivity index (χ2n) is 8.47. The highest BCUT2D eigenvalue weighted by Crippen LogP contribution is 2.31. The first kappa shape index (κ1) is 19.6. The molecule has 0 saturated heterocycles. The topological polar surface area (TPSA) is 90.1 Å². The molecule has 0 aliphatic heterocycles. The van der Waals surface area contributed by atoms with Crippen LogP contribution in [0.5, 0.6) is 0 Å². The van der Waals surface area contributed by atoms with Crippen LogP contribution in [0.1, 0.15) is 30.6 Å². The molecule has 0 bridgehead atoms. The minimum atomic E-state index is 0.790. The molecule has 0 fully saturated rings. The van der Waals surface area contributed by atoms with Crippen LogP contribution in [0.2, 0.25) is 0 Å². The fraction of sp³-hybridized carbons (Fsp3) is 0.240. The molecule has 0 unspecified atom stereocenters. The molecule has 33 heavy (non-hydrogen) atoms. The number of aromatic amines is 1. The normalized spacial score (nSPS) is 11.9. The molecule has 6 heterocycles. The highest BCUT2D eigenvalue weighted by Gasteiger charge is 2.17. The van der Waals surface area contributed by atoms with E-state index in [1.54, 1.807) is 0 Å². The molecule has 0 aliphatic rings. The van der Waals surface area contributed by atoms with Gasteiger partial charge < -0.3 is 9.55 Å². The number of fused-ring (bicyclic) bond motifs is 3. The number of nitrogens with one attached hydrogen (secondary N) is 1. The molecule has 0 aliphatic carbocycles. The average molecular weight is 437 g/mol. The fourth-order valence-electron chi connectivity index (χ4n) is 4.55. The van der Waals surface area contributed by atoms with Gasteiger partial charge in [-0.25, -0.2) is 14.6 Å². The average Bonchev–Trinajstić information content (AvgIpc) is 3.52. The maximum atomic E-state index is 5.00. The summed E-state index contributed by atoms with van der Waals surface area (Å²) >= 11 is 0. The fourth-order valence-corrected chi connectivity index (χ4v) is 4.55. The number of hydrogen-bond acceptors (Lipinski definition) is 5. The lowest BCUT2D eigenvalue weighted by molar-refractivity contribution is 0.835. The molecule has 0 saturated carbocycles. The Hall–Kier alpha value is -4.07. The van der Waals surface area contributed by atoms with Crippen molar-refractivity contribution in [3.05, 3.63) is 60.2 Å². The Labute approximate surface area is 190 Å². The zero-order chi connectivity index (χ0) is 22.7. The van der Waals surface area contributed by atoms with Crippen molar-refractivity contribution in [2.45, 2.75) is 33.6 Å². The second-order valence-corrected chi connectivity index (χ2v) is 8.47. The second kappa shape index (κ2) is 7.23. The molecular formula is C25H24N8. The van der Waals surface area contributed by atoms with Crippen molar-refractivity contribution in [1.82, 2.24) is 39.3 Å². The SMILES string of the molecule is CCCc1nc(-n2ncc3c(C)nc(-c4cncc5[nH]ccc45)cc32)cc2c1nc(C)n2C. The Morgan fingerprint density at radius 3 is 2.70 bits per heavy atom. The van der Waals surface area contributed by atoms with Crippen molar-refractivity contribution < 1.29 is 0 Å². The summed E-state index contributed by atoms with van der Waals surface area (Å²) in [6, 6.07) is 6.21. The van der Waals surface area contributed by atoms with Crippen molar-refractivity contribution >= 4 is 32.8 Å². The summed E-state index contributed by atoms with van der Waals surface area (Å²) in [5.41, 5.74) is 7.78. The molecule has 0 spiro atoms. The molecule has 1 N–H and O–H groups in total. The highest BCUT2D eigenvalue weighted by atomic mass is 15.3. The molecule has 0 radical (unpaired) electrons. The van der Waals surface area contributed by atoms with E-state index in [0.717, 1.165) is 80.0 Å². The van der Waals surface area contributed by atoms with Gasteiger partial charge in [0, 0.05) is 47.5 Å². The summed E-state index contributed by atoms with van der Waals surface area (Å²) in [6.07, 6.45) is 9.37. The van der Waals surface area contributed by atoms with Crippen LogP contribution in [0.15, 0.2) is 43.0 Å². The molecule has 0 aromatic carbocycles. The molecule has 0 amide bonds. The van der Waals surface area contributed by atoms with E-state index in [4.69, 9.17) is 20.1 Å². The third kappa shape index (κ3) is 2.94. The molecule has 164 valence electrons. The third-order valence-electron chi connectivity index (χ3n) is 6.37. The molecule has 6 aromatic heterocycles. The number of aromatic nitrogens is 8. The Kier molecular flexibility index (Phi) is 4.29. The quantitative estimate of drug-likeness (QED) is 0.428. The third-order valence-corrected chi connectivity index (χ3v) is 6.37. The van der Waals surface area contributed by atoms with Crippen LogP contribution in [0.3, 0.4) is 0 Å². The van der Waals surface area contributed by atoms with Gasteiger partial charge in [-0.3, -0.25) is 9.97 Å². The van der Waals surface area contributed by atoms with E-state index in [0.29, 0.717) is 0 Å². The van der Waals surface area contributed by atoms with E-state index < -0.39 is 0 Å². The Bertz CT molecular complexity index is 1670. The number of nitrogens with zero attached hydrogens (tertiary/aromatic N) is 7. The predicted molar refractivity (Wildman–Crippen MR) is 129 cm³/mol. The van der Waals surface area contributed by atoms with Gasteiger partial charge in [-0.05, 0) is 32.4 Å². The smallest absolute Gasteiger partial charge is 0.156 e. The molecular weight excluding hydrogens is 412 g/mol. The lowest BCUT2D eigenvalue weighted by Crippen LogP contribution is -2.04. The maximum absolute atomic E-state index is 5.00. The van der Waals surface area contributed by atoms with E-state index in [1.165, 1.54) is 0 Å². The van der Waals surface area contributed by atoms with Gasteiger partial charge in [-0.2, -0.15) is 5.10 Å². The zero-order valence-electron chi connectivity index (χ0n) is 19.1. The lowest BCUT2D eigenvalue weighted by Gasteiger charge is -2.10. The van der Waals surface area contributed by atoms with E-state index in [2.05, 4.69) is 39.7 Å². The van der Waals surface area contributed by atoms with Crippen molar-refractivity contribution in [3.63, 3.8) is 0 Å². The van der Waals surface area contributed by atoms with Gasteiger partial charge in [0.15, 0.2) is 5.82 Å². The number of pyridine rings is 3. The highest BCUT2D eigenvalue weighted by molar-refractivity contribution is 5.96. The van der Waals surface area contributed by atoms with Gasteiger partial charge in [-0.1, -0.05) is 13.3 Å². The van der Waals surface area contributed by atoms with Crippen LogP contribution in [-0.2, 0) is 13.5 Å². The predicted octanol–water partition coefficient (Wildman–Crippen LogP) is 4.81. The van der Waals surface area contributed by atoms with Gasteiger partial charge in [0.05, 0.1) is 40.3 Å². The standard InChI is InChI=1S/C25H24N8/c1-5-6-19-25-23(32(4)15(3)30-25)10-24(31-19)33-22-9-20(29-14(2)17(22)12-28-33)18-11-26-13-21-16(18)7-8-27-21/h7-13,27H,5-6H2,1-4H3. The first-order chi connectivity index (χ1) is 16.0. The zero-order valence-corrected chi connectivity index (χ0v) is 19.1. The molecule has 0 atom stereocenters. The summed E-state index contributed by atoms with van der Waals surface area (Å²) in [5.74, 6) is 1.76. The number of aryl methyl sites for hydroxylation is 4. The molecule has 6 rings (SSSR count). The van der Waals surface area contributed by atoms with Crippen LogP contribution >= 0.6 is 0 Å². The number of rotatable bonds is 4. The number of hydrogen-bond donors (Lipinski definition) is 1. The van der Waals surface area contributed by atoms with Crippen molar-refractivity contribution in [3.8, 4) is 17.1 Å². The maximum Gasteiger partial charge on any atom is 0.156 e. The van der Waals surface area contributed by atoms with Gasteiger partial charge >= 0.3 is 0 Å². The Balaban J connectivity index is 1.60. The van der Waals surface area contributed by atoms with Crippen LogP contribution in [0.25, 0.3) is 49.9 Å². The van der Waals surface area contributed by atoms with Gasteiger partial charge in [0.25, 0.3) is 0 Å². The van der Waals surface area contributed by atoms with Crippen molar-refractivity contribution in [2.75, 3.05) is 0 Å². The van der Waals surface area contributed by atoms with Crippen molar-refractivity contribution in [1.29, 1.82) is 0 Å². The van der Waals surface area contributed by atoms with Gasteiger partial charge in [0.1, 0.15) is 11.3 Å². The van der Waals surface area contributed by atoms with Crippen molar-refractivity contribution in [2.24, 2.45) is 7.05 Å². The van der Waals surface area contributed by atoms with Crippen LogP contribution in [0, 0.1) is 13.8 Å². The molecule has 6 aromatic rings. The van der Waals surface area contributed by atoms with E-state index in [1.807, 2.05) is 50.4 Å². The summed E-state index contributed by atoms with van der Waals surface area (Å²) in [4.78, 5) is 22.3. The Morgan fingerprint density at radius 1 is 0.970 bits per heavy atom. The summed E-state index contributed by atoms with van der Waals surface area (Å²) < 4.78 is 4.03. The summed E-state index contributed by atoms with van der Waals surface area (Å²) in [5, 5.41) is 6.82. The van der Waals surface area contributed by atoms with Crippen LogP contribution < -0.4 is 0 Å². The first-order valence-corrected chi connectivity index (χ1v) is 11.1. The largest absolute Gasteiger partial charge is 0.360 e. The molecule has 8 heteroatoms. The minimum absolute atomic E-state index is 0.790. The number of imidazole rings is 1. The first-order valence-electron chi connectivity index (χ1n) is 11.1. The van der Waals surface area contributed by atoms with Gasteiger partial charge in [0.2, 0.25) is 0 Å². The van der Waals surface area contributed by atoms with Crippen LogP contribution in [0.4, 0.5) is 0 Å². The van der Waals surface area contributed by atoms with Crippen LogP contribution in [-0.4, -0.2) is 39.3 Å². The number of H-pyrrole nitrogens is 1. The van der Waals surface area contributed by atoms with E-state index in [9.17, 15) is 0 Å². The molecule has 8 nitrogen and oxygen atoms in total. The minimum Gasteiger partial charge on any atom is -0.360 e. The van der Waals surface area contributed by atoms with Gasteiger partial charge in [-0.15, -0.1) is 0 Å². The lowest BCUT2D eigenvalue weighted by atomic mass is 10.1. The summed E-state index contributed by atoms with van der Waals surface area (Å²) in [7, 11) is 2.04. The van der Waals surface area contributed by atoms with E-state index in [-0.39, 0.29) is 0 Å². The summed E-state index contributed by atoms with van der Waals surface area (Å²) in [6.45, 7) is 6.21. The monoisotopic (exact) mass is 436 g/mol. The van der Waals surface area contributed by atoms with E-state index >= 15 is 0 Å². The Morgan fingerprint density at radius 2 is 1.85 bits per heavy atom.